The molecule has 0 saturated carbocycles. The maximum Gasteiger partial charge on any atom is 0.458 e. The van der Waals surface area contributed by atoms with Gasteiger partial charge in [0.25, 0.3) is 0 Å². The van der Waals surface area contributed by atoms with Gasteiger partial charge in [-0.1, -0.05) is 5.92 Å². The van der Waals surface area contributed by atoms with Gasteiger partial charge in [-0.15, -0.1) is 0 Å². The molecule has 0 saturated heterocycles. The quantitative estimate of drug-likeness (QED) is 0.439. The minimum absolute atomic E-state index is 0.999. The number of hydrogen-bond acceptors (Lipinski definition) is 0. The number of rotatable bonds is 0. The second-order valence-electron chi connectivity index (χ2n) is 1.12. The normalized spacial score (nSPS) is 8.44. The smallest absolute Gasteiger partial charge is 0.159 e. The molecule has 0 atom stereocenters. The van der Waals surface area contributed by atoms with Crippen LogP contribution in [0.25, 0.3) is 0 Å². The molecular weight excluding hydrogens is 129 g/mol. The van der Waals surface area contributed by atoms with Crippen LogP contribution in [-0.2, 0) is 0 Å². The molecule has 48 valence electrons. The second-order valence-corrected chi connectivity index (χ2v) is 1.12. The third-order valence-electron chi connectivity index (χ3n) is 0.392. The molecule has 0 N–H and O–H groups in total. The van der Waals surface area contributed by atoms with E-state index in [0.717, 1.165) is 5.92 Å². The van der Waals surface area contributed by atoms with Crippen LogP contribution in [0.15, 0.2) is 0 Å². The van der Waals surface area contributed by atoms with E-state index in [-0.39, 0.29) is 0 Å². The molecule has 0 nitrogen and oxygen atoms in total. The zero-order valence-electron chi connectivity index (χ0n) is 4.63. The Labute approximate surface area is 51.1 Å². The highest BCUT2D eigenvalue weighted by molar-refractivity contribution is 5.26. The van der Waals surface area contributed by atoms with Crippen molar-refractivity contribution in [2.45, 2.75) is 13.1 Å². The average Bonchev–Trinajstić information content (AvgIpc) is 1.63. The predicted octanol–water partition coefficient (Wildman–Crippen LogP) is 1.58. The van der Waals surface area contributed by atoms with Crippen molar-refractivity contribution in [2.75, 3.05) is 0 Å². The number of alkyl halides is 3. The molecule has 9 heavy (non-hydrogen) atoms. The summed E-state index contributed by atoms with van der Waals surface area (Å²) in [4.78, 5) is 0. The van der Waals surface area contributed by atoms with Gasteiger partial charge in [-0.2, -0.15) is 13.2 Å². The minimum Gasteiger partial charge on any atom is -0.159 e. The van der Waals surface area contributed by atoms with Crippen LogP contribution in [0, 0.1) is 23.7 Å². The summed E-state index contributed by atoms with van der Waals surface area (Å²) in [7, 11) is 0. The Hall–Kier alpha value is -1.09. The summed E-state index contributed by atoms with van der Waals surface area (Å²) in [5.74, 6) is 6.83. The van der Waals surface area contributed by atoms with Crippen LogP contribution >= 0.6 is 0 Å². The van der Waals surface area contributed by atoms with Crippen LogP contribution in [0.2, 0.25) is 0 Å². The lowest BCUT2D eigenvalue weighted by Crippen LogP contribution is -2.00. The van der Waals surface area contributed by atoms with E-state index >= 15 is 0 Å². The minimum atomic E-state index is -4.41. The van der Waals surface area contributed by atoms with Gasteiger partial charge in [0.05, 0.1) is 0 Å². The summed E-state index contributed by atoms with van der Waals surface area (Å²) >= 11 is 0. The molecule has 0 spiro atoms. The van der Waals surface area contributed by atoms with Crippen molar-refractivity contribution in [1.82, 2.24) is 0 Å². The van der Waals surface area contributed by atoms with E-state index < -0.39 is 6.18 Å². The highest BCUT2D eigenvalue weighted by Gasteiger charge is 2.22. The number of hydrogen-bond donors (Lipinski definition) is 0. The summed E-state index contributed by atoms with van der Waals surface area (Å²) in [5, 5.41) is 0. The average molecular weight is 132 g/mol. The highest BCUT2D eigenvalue weighted by atomic mass is 19.4. The summed E-state index contributed by atoms with van der Waals surface area (Å²) in [6, 6.07) is 0. The van der Waals surface area contributed by atoms with E-state index in [2.05, 4.69) is 5.92 Å². The molecule has 0 aliphatic rings. The fourth-order valence-corrected chi connectivity index (χ4v) is 0.165. The zero-order valence-corrected chi connectivity index (χ0v) is 4.63. The van der Waals surface area contributed by atoms with Crippen molar-refractivity contribution in [1.29, 1.82) is 0 Å². The van der Waals surface area contributed by atoms with E-state index in [9.17, 15) is 13.2 Å². The molecule has 0 heterocycles. The van der Waals surface area contributed by atoms with Gasteiger partial charge in [0.15, 0.2) is 0 Å². The fraction of sp³-hybridized carbons (Fsp3) is 0.333. The van der Waals surface area contributed by atoms with Gasteiger partial charge in [-0.3, -0.25) is 0 Å². The molecule has 0 radical (unpaired) electrons. The molecule has 0 bridgehead atoms. The van der Waals surface area contributed by atoms with Crippen molar-refractivity contribution < 1.29 is 13.2 Å². The van der Waals surface area contributed by atoms with E-state index in [0.29, 0.717) is 0 Å². The molecule has 0 rings (SSSR count). The third-order valence-corrected chi connectivity index (χ3v) is 0.392. The summed E-state index contributed by atoms with van der Waals surface area (Å²) in [6.45, 7) is 1.42. The first-order valence-corrected chi connectivity index (χ1v) is 2.07. The monoisotopic (exact) mass is 132 g/mol. The predicted molar refractivity (Wildman–Crippen MR) is 27.3 cm³/mol. The van der Waals surface area contributed by atoms with Gasteiger partial charge in [-0.25, -0.2) is 0 Å². The van der Waals surface area contributed by atoms with Crippen molar-refractivity contribution in [3.63, 3.8) is 0 Å². The first kappa shape index (κ1) is 7.91. The van der Waals surface area contributed by atoms with Crippen LogP contribution in [0.3, 0.4) is 0 Å². The Kier molecular flexibility index (Phi) is 2.67. The maximum absolute atomic E-state index is 11.1. The topological polar surface area (TPSA) is 0 Å². The highest BCUT2D eigenvalue weighted by Crippen LogP contribution is 2.11. The van der Waals surface area contributed by atoms with Gasteiger partial charge in [0, 0.05) is 5.92 Å². The SMILES string of the molecule is CC#CC#CC(F)(F)F. The standard InChI is InChI=1S/C6H3F3/c1-2-3-4-5-6(7,8)9/h1H3. The summed E-state index contributed by atoms with van der Waals surface area (Å²) in [5.41, 5.74) is 0. The van der Waals surface area contributed by atoms with Crippen molar-refractivity contribution in [3.8, 4) is 23.7 Å². The second kappa shape index (κ2) is 3.04. The Balaban J connectivity index is 3.99. The van der Waals surface area contributed by atoms with Crippen LogP contribution in [0.1, 0.15) is 6.92 Å². The van der Waals surface area contributed by atoms with Gasteiger partial charge in [0.1, 0.15) is 0 Å². The van der Waals surface area contributed by atoms with Crippen molar-refractivity contribution in [2.24, 2.45) is 0 Å². The molecule has 0 aromatic carbocycles. The van der Waals surface area contributed by atoms with Crippen LogP contribution in [0.4, 0.5) is 13.2 Å². The molecule has 0 fully saturated rings. The molecule has 3 heteroatoms. The van der Waals surface area contributed by atoms with E-state index in [1.807, 2.05) is 5.92 Å². The molecular formula is C6H3F3. The van der Waals surface area contributed by atoms with Crippen molar-refractivity contribution in [3.05, 3.63) is 0 Å². The lowest BCUT2D eigenvalue weighted by Gasteiger charge is -1.88. The zero-order chi connectivity index (χ0) is 7.33. The molecule has 0 aliphatic carbocycles. The molecule has 0 aliphatic heterocycles. The molecule has 0 amide bonds. The maximum atomic E-state index is 11.1. The molecule has 0 unspecified atom stereocenters. The van der Waals surface area contributed by atoms with Gasteiger partial charge in [-0.05, 0) is 18.8 Å². The lowest BCUT2D eigenvalue weighted by atomic mass is 10.5. The van der Waals surface area contributed by atoms with Crippen molar-refractivity contribution >= 4 is 0 Å². The summed E-state index contributed by atoms with van der Waals surface area (Å²) in [6.07, 6.45) is -4.41. The number of halogens is 3. The van der Waals surface area contributed by atoms with Gasteiger partial charge in [0.2, 0.25) is 0 Å². The van der Waals surface area contributed by atoms with E-state index in [4.69, 9.17) is 0 Å². The molecule has 0 aromatic rings. The van der Waals surface area contributed by atoms with Crippen LogP contribution in [-0.4, -0.2) is 6.18 Å². The van der Waals surface area contributed by atoms with E-state index in [1.54, 1.807) is 5.92 Å². The first-order chi connectivity index (χ1) is 4.06. The lowest BCUT2D eigenvalue weighted by molar-refractivity contribution is -0.0696. The Morgan fingerprint density at radius 3 is 2.00 bits per heavy atom. The summed E-state index contributed by atoms with van der Waals surface area (Å²) < 4.78 is 33.4. The molecule has 0 aromatic heterocycles. The van der Waals surface area contributed by atoms with E-state index in [1.165, 1.54) is 6.92 Å². The third kappa shape index (κ3) is 6.91. The first-order valence-electron chi connectivity index (χ1n) is 2.07. The Morgan fingerprint density at radius 1 is 1.11 bits per heavy atom. The largest absolute Gasteiger partial charge is 0.458 e. The Morgan fingerprint density at radius 2 is 1.67 bits per heavy atom. The van der Waals surface area contributed by atoms with Crippen LogP contribution < -0.4 is 0 Å². The van der Waals surface area contributed by atoms with Gasteiger partial charge >= 0.3 is 6.18 Å². The van der Waals surface area contributed by atoms with Crippen LogP contribution in [0.5, 0.6) is 0 Å². The Bertz CT molecular complexity index is 190. The van der Waals surface area contributed by atoms with Gasteiger partial charge < -0.3 is 0 Å². The fourth-order valence-electron chi connectivity index (χ4n) is 0.165.